The first-order valence-corrected chi connectivity index (χ1v) is 11.3. The zero-order chi connectivity index (χ0) is 20.2. The summed E-state index contributed by atoms with van der Waals surface area (Å²) in [7, 11) is 0. The predicted molar refractivity (Wildman–Crippen MR) is 125 cm³/mol. The number of amides is 1. The van der Waals surface area contributed by atoms with Gasteiger partial charge in [0.2, 0.25) is 5.91 Å². The van der Waals surface area contributed by atoms with E-state index in [0.717, 1.165) is 34.5 Å². The molecule has 4 aromatic rings. The van der Waals surface area contributed by atoms with Gasteiger partial charge < -0.3 is 16.8 Å². The van der Waals surface area contributed by atoms with Crippen LogP contribution in [0.2, 0.25) is 0 Å². The smallest absolute Gasteiger partial charge is 0.224 e. The van der Waals surface area contributed by atoms with E-state index in [0.29, 0.717) is 18.7 Å². The molecule has 29 heavy (non-hydrogen) atoms. The van der Waals surface area contributed by atoms with Crippen LogP contribution in [0.3, 0.4) is 0 Å². The van der Waals surface area contributed by atoms with Gasteiger partial charge >= 0.3 is 0 Å². The fraction of sp³-hybridized carbons (Fsp3) is 0.174. The van der Waals surface area contributed by atoms with Crippen LogP contribution in [0.5, 0.6) is 0 Å². The number of benzene rings is 2. The maximum Gasteiger partial charge on any atom is 0.224 e. The van der Waals surface area contributed by atoms with Gasteiger partial charge in [-0.2, -0.15) is 0 Å². The summed E-state index contributed by atoms with van der Waals surface area (Å²) in [6.45, 7) is 0.325. The number of hydrogen-bond acceptors (Lipinski definition) is 5. The van der Waals surface area contributed by atoms with Gasteiger partial charge in [0.15, 0.2) is 0 Å². The summed E-state index contributed by atoms with van der Waals surface area (Å²) in [5.74, 6) is 0.0107. The Morgan fingerprint density at radius 2 is 1.93 bits per heavy atom. The van der Waals surface area contributed by atoms with Crippen LogP contribution in [0.4, 0.5) is 11.4 Å². The van der Waals surface area contributed by atoms with Gasteiger partial charge in [-0.3, -0.25) is 4.79 Å². The van der Waals surface area contributed by atoms with E-state index in [-0.39, 0.29) is 5.91 Å². The molecule has 0 atom stereocenters. The van der Waals surface area contributed by atoms with Crippen molar-refractivity contribution in [2.45, 2.75) is 25.8 Å². The molecule has 0 aliphatic carbocycles. The Morgan fingerprint density at radius 1 is 1.07 bits per heavy atom. The average Bonchev–Trinajstić information content (AvgIpc) is 3.38. The number of anilines is 2. The van der Waals surface area contributed by atoms with Crippen molar-refractivity contribution < 1.29 is 4.79 Å². The Kier molecular flexibility index (Phi) is 5.94. The second-order valence-electron chi connectivity index (χ2n) is 6.93. The highest BCUT2D eigenvalue weighted by Gasteiger charge is 2.13. The molecule has 0 saturated carbocycles. The van der Waals surface area contributed by atoms with Crippen LogP contribution < -0.4 is 16.8 Å². The summed E-state index contributed by atoms with van der Waals surface area (Å²) >= 11 is 3.42. The van der Waals surface area contributed by atoms with Gasteiger partial charge in [0.05, 0.1) is 0 Å². The van der Waals surface area contributed by atoms with Gasteiger partial charge in [-0.25, -0.2) is 0 Å². The van der Waals surface area contributed by atoms with Crippen molar-refractivity contribution in [1.29, 1.82) is 0 Å². The van der Waals surface area contributed by atoms with E-state index in [1.807, 2.05) is 30.3 Å². The first kappa shape index (κ1) is 19.6. The number of carbonyl (C=O) groups is 1. The lowest BCUT2D eigenvalue weighted by Gasteiger charge is -2.13. The highest BCUT2D eigenvalue weighted by Crippen LogP contribution is 2.39. The molecular formula is C23H23N3OS2. The number of thiophene rings is 2. The summed E-state index contributed by atoms with van der Waals surface area (Å²) in [5.41, 5.74) is 15.5. The zero-order valence-corrected chi connectivity index (χ0v) is 17.6. The minimum atomic E-state index is 0.0107. The first-order chi connectivity index (χ1) is 14.1. The van der Waals surface area contributed by atoms with Crippen molar-refractivity contribution in [3.63, 3.8) is 0 Å². The van der Waals surface area contributed by atoms with E-state index in [4.69, 9.17) is 11.5 Å². The Labute approximate surface area is 178 Å². The molecule has 5 N–H and O–H groups in total. The molecule has 0 radical (unpaired) electrons. The molecule has 2 heterocycles. The van der Waals surface area contributed by atoms with E-state index in [2.05, 4.69) is 35.0 Å². The van der Waals surface area contributed by atoms with Crippen molar-refractivity contribution >= 4 is 50.0 Å². The summed E-state index contributed by atoms with van der Waals surface area (Å²) < 4.78 is 1.21. The van der Waals surface area contributed by atoms with Gasteiger partial charge in [-0.1, -0.05) is 24.3 Å². The molecule has 0 aliphatic heterocycles. The third-order valence-corrected chi connectivity index (χ3v) is 6.95. The lowest BCUT2D eigenvalue weighted by molar-refractivity contribution is -0.116. The summed E-state index contributed by atoms with van der Waals surface area (Å²) in [4.78, 5) is 14.8. The van der Waals surface area contributed by atoms with Gasteiger partial charge in [-0.05, 0) is 59.5 Å². The maximum atomic E-state index is 12.4. The molecular weight excluding hydrogens is 398 g/mol. The Hall–Kier alpha value is -2.67. The van der Waals surface area contributed by atoms with Crippen LogP contribution in [0.15, 0.2) is 60.0 Å². The quantitative estimate of drug-likeness (QED) is 0.338. The normalized spacial score (nSPS) is 11.1. The highest BCUT2D eigenvalue weighted by atomic mass is 32.1. The van der Waals surface area contributed by atoms with E-state index in [1.54, 1.807) is 22.7 Å². The number of nitrogens with one attached hydrogen (secondary N) is 1. The molecule has 0 spiro atoms. The highest BCUT2D eigenvalue weighted by molar-refractivity contribution is 7.22. The summed E-state index contributed by atoms with van der Waals surface area (Å²) in [6, 6.07) is 18.4. The maximum absolute atomic E-state index is 12.4. The Bertz CT molecular complexity index is 1100. The fourth-order valence-corrected chi connectivity index (χ4v) is 5.22. The van der Waals surface area contributed by atoms with Crippen LogP contribution in [-0.2, 0) is 17.8 Å². The minimum absolute atomic E-state index is 0.0107. The van der Waals surface area contributed by atoms with Crippen LogP contribution in [0.25, 0.3) is 20.5 Å². The molecule has 6 heteroatoms. The van der Waals surface area contributed by atoms with Gasteiger partial charge in [0.25, 0.3) is 0 Å². The summed E-state index contributed by atoms with van der Waals surface area (Å²) in [6.07, 6.45) is 2.24. The van der Waals surface area contributed by atoms with Crippen LogP contribution in [0, 0.1) is 0 Å². The molecule has 4 rings (SSSR count). The number of fused-ring (bicyclic) bond motifs is 1. The van der Waals surface area contributed by atoms with E-state index in [9.17, 15) is 4.79 Å². The molecule has 0 aliphatic rings. The van der Waals surface area contributed by atoms with Crippen LogP contribution >= 0.6 is 22.7 Å². The number of nitrogen functional groups attached to an aromatic ring is 1. The molecule has 2 aromatic carbocycles. The first-order valence-electron chi connectivity index (χ1n) is 9.57. The van der Waals surface area contributed by atoms with Crippen molar-refractivity contribution in [2.24, 2.45) is 5.73 Å². The molecule has 4 nitrogen and oxygen atoms in total. The van der Waals surface area contributed by atoms with Gasteiger partial charge in [0, 0.05) is 44.4 Å². The minimum Gasteiger partial charge on any atom is -0.398 e. The van der Waals surface area contributed by atoms with Crippen molar-refractivity contribution in [2.75, 3.05) is 11.1 Å². The number of nitrogens with two attached hydrogens (primary N) is 2. The second kappa shape index (κ2) is 8.78. The van der Waals surface area contributed by atoms with Crippen molar-refractivity contribution in [3.05, 3.63) is 70.4 Å². The van der Waals surface area contributed by atoms with E-state index >= 15 is 0 Å². The van der Waals surface area contributed by atoms with E-state index < -0.39 is 0 Å². The van der Waals surface area contributed by atoms with Gasteiger partial charge in [0.1, 0.15) is 0 Å². The lowest BCUT2D eigenvalue weighted by atomic mass is 10.0. The van der Waals surface area contributed by atoms with Crippen LogP contribution in [0.1, 0.15) is 23.3 Å². The molecule has 2 aromatic heterocycles. The number of rotatable bonds is 7. The standard InChI is InChI=1S/C23H23N3OS2/c24-14-16-11-17(26-22(27)9-3-6-18-7-4-10-28-18)13-19(23(16)25)21-12-15-5-1-2-8-20(15)29-21/h1-2,4-5,7-8,10-13H,3,6,9,14,24-25H2,(H,26,27). The molecule has 0 unspecified atom stereocenters. The predicted octanol–water partition coefficient (Wildman–Crippen LogP) is 5.63. The average molecular weight is 422 g/mol. The van der Waals surface area contributed by atoms with Crippen LogP contribution in [-0.4, -0.2) is 5.91 Å². The van der Waals surface area contributed by atoms with E-state index in [1.165, 1.54) is 15.0 Å². The number of hydrogen-bond donors (Lipinski definition) is 3. The number of carbonyl (C=O) groups excluding carboxylic acids is 1. The lowest BCUT2D eigenvalue weighted by Crippen LogP contribution is -2.13. The Morgan fingerprint density at radius 3 is 2.69 bits per heavy atom. The van der Waals surface area contributed by atoms with Crippen molar-refractivity contribution in [3.8, 4) is 10.4 Å². The molecule has 148 valence electrons. The molecule has 0 saturated heterocycles. The Balaban J connectivity index is 1.54. The topological polar surface area (TPSA) is 81.1 Å². The second-order valence-corrected chi connectivity index (χ2v) is 9.05. The van der Waals surface area contributed by atoms with Gasteiger partial charge in [-0.15, -0.1) is 22.7 Å². The summed E-state index contributed by atoms with van der Waals surface area (Å²) in [5, 5.41) is 6.27. The van der Waals surface area contributed by atoms with Crippen molar-refractivity contribution in [1.82, 2.24) is 0 Å². The monoisotopic (exact) mass is 421 g/mol. The fourth-order valence-electron chi connectivity index (χ4n) is 3.37. The third-order valence-electron chi connectivity index (χ3n) is 4.87. The largest absolute Gasteiger partial charge is 0.398 e. The SMILES string of the molecule is NCc1cc(NC(=O)CCCc2cccs2)cc(-c2cc3ccccc3s2)c1N. The zero-order valence-electron chi connectivity index (χ0n) is 16.0. The molecule has 1 amide bonds. The molecule has 0 bridgehead atoms. The molecule has 0 fully saturated rings. The third kappa shape index (κ3) is 4.50. The number of aryl methyl sites for hydroxylation is 1.